The number of nitrogens with one attached hydrogen (secondary N) is 1. The highest BCUT2D eigenvalue weighted by Gasteiger charge is 2.30. The predicted molar refractivity (Wildman–Crippen MR) is 89.0 cm³/mol. The average molecular weight is 341 g/mol. The molecule has 24 heavy (non-hydrogen) atoms. The van der Waals surface area contributed by atoms with Gasteiger partial charge in [0.25, 0.3) is 5.91 Å². The number of aryl methyl sites for hydroxylation is 2. The summed E-state index contributed by atoms with van der Waals surface area (Å²) in [5.41, 5.74) is 2.60. The number of thiazole rings is 1. The van der Waals surface area contributed by atoms with E-state index in [1.165, 1.54) is 11.3 Å². The number of hydrogen-bond acceptors (Lipinski definition) is 7. The third-order valence-electron chi connectivity index (χ3n) is 3.65. The Labute approximate surface area is 142 Å². The van der Waals surface area contributed by atoms with Crippen molar-refractivity contribution in [2.75, 3.05) is 5.32 Å². The van der Waals surface area contributed by atoms with E-state index in [9.17, 15) is 4.79 Å². The van der Waals surface area contributed by atoms with Crippen LogP contribution in [0.4, 0.5) is 5.13 Å². The second kappa shape index (κ2) is 5.79. The largest absolute Gasteiger partial charge is 0.339 e. The van der Waals surface area contributed by atoms with Gasteiger partial charge in [0.1, 0.15) is 5.69 Å². The minimum absolute atomic E-state index is 0.302. The first-order valence-corrected chi connectivity index (χ1v) is 8.52. The van der Waals surface area contributed by atoms with Crippen molar-refractivity contribution in [2.45, 2.75) is 32.6 Å². The molecule has 1 aliphatic carbocycles. The Morgan fingerprint density at radius 2 is 2.04 bits per heavy atom. The molecule has 0 radical (unpaired) electrons. The lowest BCUT2D eigenvalue weighted by Crippen LogP contribution is -2.14. The van der Waals surface area contributed by atoms with Crippen LogP contribution in [-0.2, 0) is 0 Å². The third kappa shape index (κ3) is 3.05. The summed E-state index contributed by atoms with van der Waals surface area (Å²) in [7, 11) is 0. The zero-order valence-electron chi connectivity index (χ0n) is 13.2. The molecule has 0 bridgehead atoms. The summed E-state index contributed by atoms with van der Waals surface area (Å²) in [5, 5.41) is 9.21. The van der Waals surface area contributed by atoms with Crippen LogP contribution in [0.25, 0.3) is 11.4 Å². The van der Waals surface area contributed by atoms with Gasteiger partial charge in [0.15, 0.2) is 5.13 Å². The Hall–Kier alpha value is -2.61. The molecule has 8 heteroatoms. The van der Waals surface area contributed by atoms with Crippen LogP contribution >= 0.6 is 11.3 Å². The van der Waals surface area contributed by atoms with Crippen molar-refractivity contribution in [3.8, 4) is 11.4 Å². The molecule has 0 spiro atoms. The number of anilines is 1. The molecular formula is C16H15N5O2S. The summed E-state index contributed by atoms with van der Waals surface area (Å²) in [5.74, 6) is 1.25. The molecule has 1 saturated carbocycles. The summed E-state index contributed by atoms with van der Waals surface area (Å²) in [6, 6.07) is 3.51. The van der Waals surface area contributed by atoms with E-state index in [2.05, 4.69) is 25.4 Å². The average Bonchev–Trinajstić information content (AvgIpc) is 3.14. The topological polar surface area (TPSA) is 93.8 Å². The zero-order chi connectivity index (χ0) is 16.7. The van der Waals surface area contributed by atoms with Gasteiger partial charge >= 0.3 is 0 Å². The number of aromatic nitrogens is 4. The molecule has 3 aromatic rings. The van der Waals surface area contributed by atoms with Crippen molar-refractivity contribution in [2.24, 2.45) is 0 Å². The Kier molecular flexibility index (Phi) is 3.61. The Morgan fingerprint density at radius 3 is 2.75 bits per heavy atom. The highest BCUT2D eigenvalue weighted by Crippen LogP contribution is 2.39. The molecule has 1 aliphatic rings. The molecular weight excluding hydrogens is 326 g/mol. The Morgan fingerprint density at radius 1 is 1.21 bits per heavy atom. The van der Waals surface area contributed by atoms with Crippen molar-refractivity contribution < 1.29 is 9.32 Å². The van der Waals surface area contributed by atoms with Gasteiger partial charge in [0, 0.05) is 22.6 Å². The Bertz CT molecular complexity index is 913. The van der Waals surface area contributed by atoms with Gasteiger partial charge in [0.2, 0.25) is 11.7 Å². The monoisotopic (exact) mass is 341 g/mol. The van der Waals surface area contributed by atoms with E-state index >= 15 is 0 Å². The summed E-state index contributed by atoms with van der Waals surface area (Å²) in [4.78, 5) is 25.4. The van der Waals surface area contributed by atoms with Gasteiger partial charge in [-0.15, -0.1) is 11.3 Å². The second-order valence-electron chi connectivity index (χ2n) is 5.86. The van der Waals surface area contributed by atoms with Crippen molar-refractivity contribution >= 4 is 22.4 Å². The smallest absolute Gasteiger partial charge is 0.276 e. The molecule has 122 valence electrons. The molecule has 1 amide bonds. The van der Waals surface area contributed by atoms with Gasteiger partial charge < -0.3 is 4.52 Å². The minimum atomic E-state index is -0.305. The number of nitrogens with zero attached hydrogens (tertiary/aromatic N) is 4. The van der Waals surface area contributed by atoms with Gasteiger partial charge in [-0.2, -0.15) is 4.98 Å². The minimum Gasteiger partial charge on any atom is -0.339 e. The van der Waals surface area contributed by atoms with Gasteiger partial charge in [-0.25, -0.2) is 9.97 Å². The fraction of sp³-hybridized carbons (Fsp3) is 0.312. The van der Waals surface area contributed by atoms with Crippen LogP contribution in [0.15, 0.2) is 22.0 Å². The van der Waals surface area contributed by atoms with Crippen LogP contribution in [0.5, 0.6) is 0 Å². The fourth-order valence-electron chi connectivity index (χ4n) is 2.34. The van der Waals surface area contributed by atoms with E-state index in [-0.39, 0.29) is 5.91 Å². The predicted octanol–water partition coefficient (Wildman–Crippen LogP) is 3.33. The zero-order valence-corrected chi connectivity index (χ0v) is 14.1. The summed E-state index contributed by atoms with van der Waals surface area (Å²) in [6.45, 7) is 3.71. The maximum absolute atomic E-state index is 12.4. The van der Waals surface area contributed by atoms with Crippen LogP contribution in [-0.4, -0.2) is 26.0 Å². The van der Waals surface area contributed by atoms with E-state index in [0.717, 1.165) is 24.1 Å². The van der Waals surface area contributed by atoms with Gasteiger partial charge in [-0.3, -0.25) is 10.1 Å². The number of carbonyl (C=O) groups excluding carboxylic acids is 1. The van der Waals surface area contributed by atoms with E-state index in [1.807, 2.05) is 25.3 Å². The molecule has 0 atom stereocenters. The first kappa shape index (κ1) is 14.9. The Balaban J connectivity index is 1.61. The van der Waals surface area contributed by atoms with Crippen LogP contribution in [0.1, 0.15) is 46.5 Å². The maximum atomic E-state index is 12.4. The molecule has 4 rings (SSSR count). The lowest BCUT2D eigenvalue weighted by molar-refractivity contribution is 0.102. The first-order valence-electron chi connectivity index (χ1n) is 7.64. The van der Waals surface area contributed by atoms with Crippen molar-refractivity contribution in [3.63, 3.8) is 0 Å². The molecule has 3 aromatic heterocycles. The molecule has 1 fully saturated rings. The lowest BCUT2D eigenvalue weighted by Gasteiger charge is -2.04. The van der Waals surface area contributed by atoms with Gasteiger partial charge in [-0.1, -0.05) is 5.16 Å². The molecule has 1 N–H and O–H groups in total. The normalized spacial score (nSPS) is 13.9. The van der Waals surface area contributed by atoms with E-state index < -0.39 is 0 Å². The SMILES string of the molecule is Cc1cc(-c2noc(C3CC3)n2)cc(C(=O)Nc2nc(C)cs2)n1. The van der Waals surface area contributed by atoms with Gasteiger partial charge in [0.05, 0.1) is 5.69 Å². The van der Waals surface area contributed by atoms with Crippen molar-refractivity contribution in [1.82, 2.24) is 20.1 Å². The van der Waals surface area contributed by atoms with E-state index in [0.29, 0.717) is 34.2 Å². The van der Waals surface area contributed by atoms with Crippen LogP contribution in [0.2, 0.25) is 0 Å². The van der Waals surface area contributed by atoms with Crippen LogP contribution in [0, 0.1) is 13.8 Å². The summed E-state index contributed by atoms with van der Waals surface area (Å²) < 4.78 is 5.29. The molecule has 0 aromatic carbocycles. The van der Waals surface area contributed by atoms with Gasteiger partial charge in [-0.05, 0) is 38.8 Å². The molecule has 0 unspecified atom stereocenters. The molecule has 3 heterocycles. The number of hydrogen-bond donors (Lipinski definition) is 1. The van der Waals surface area contributed by atoms with Crippen molar-refractivity contribution in [3.05, 3.63) is 40.5 Å². The quantitative estimate of drug-likeness (QED) is 0.782. The number of pyridine rings is 1. The van der Waals surface area contributed by atoms with Crippen LogP contribution in [0.3, 0.4) is 0 Å². The van der Waals surface area contributed by atoms with E-state index in [1.54, 1.807) is 6.07 Å². The third-order valence-corrected chi connectivity index (χ3v) is 4.53. The number of amides is 1. The maximum Gasteiger partial charge on any atom is 0.276 e. The van der Waals surface area contributed by atoms with Crippen molar-refractivity contribution in [1.29, 1.82) is 0 Å². The number of rotatable bonds is 4. The molecule has 0 aliphatic heterocycles. The lowest BCUT2D eigenvalue weighted by atomic mass is 10.1. The summed E-state index contributed by atoms with van der Waals surface area (Å²) in [6.07, 6.45) is 2.19. The number of carbonyl (C=O) groups is 1. The molecule has 7 nitrogen and oxygen atoms in total. The fourth-order valence-corrected chi connectivity index (χ4v) is 3.02. The second-order valence-corrected chi connectivity index (χ2v) is 6.72. The molecule has 0 saturated heterocycles. The highest BCUT2D eigenvalue weighted by molar-refractivity contribution is 7.13. The summed E-state index contributed by atoms with van der Waals surface area (Å²) >= 11 is 1.38. The van der Waals surface area contributed by atoms with Crippen LogP contribution < -0.4 is 5.32 Å². The first-order chi connectivity index (χ1) is 11.6. The van der Waals surface area contributed by atoms with E-state index in [4.69, 9.17) is 4.52 Å². The highest BCUT2D eigenvalue weighted by atomic mass is 32.1. The standard InChI is InChI=1S/C16H15N5O2S/c1-8-5-11(13-19-15(23-21-13)10-3-4-10)6-12(17-8)14(22)20-16-18-9(2)7-24-16/h5-7,10H,3-4H2,1-2H3,(H,18,20,22).